The first-order chi connectivity index (χ1) is 7.33. The third kappa shape index (κ3) is 2.31. The normalized spacial score (nSPS) is 13.2. The van der Waals surface area contributed by atoms with Gasteiger partial charge in [-0.15, -0.1) is 0 Å². The molecule has 0 spiro atoms. The lowest BCUT2D eigenvalue weighted by Crippen LogP contribution is -2.24. The molecule has 4 nitrogen and oxygen atoms in total. The molecule has 2 N–H and O–H groups in total. The SMILES string of the molecule is COC(CN)Cc1nc2cccnc2s1. The molecule has 1 atom stereocenters. The molecule has 2 aromatic heterocycles. The first-order valence-corrected chi connectivity index (χ1v) is 5.58. The van der Waals surface area contributed by atoms with Crippen molar-refractivity contribution in [3.05, 3.63) is 23.3 Å². The van der Waals surface area contributed by atoms with Gasteiger partial charge in [-0.1, -0.05) is 11.3 Å². The molecule has 5 heteroatoms. The van der Waals surface area contributed by atoms with Crippen LogP contribution in [0.5, 0.6) is 0 Å². The van der Waals surface area contributed by atoms with Crippen LogP contribution >= 0.6 is 11.3 Å². The summed E-state index contributed by atoms with van der Waals surface area (Å²) in [6.07, 6.45) is 2.58. The van der Waals surface area contributed by atoms with Gasteiger partial charge in [-0.05, 0) is 12.1 Å². The summed E-state index contributed by atoms with van der Waals surface area (Å²) in [5, 5.41) is 1.03. The van der Waals surface area contributed by atoms with Gasteiger partial charge in [0.1, 0.15) is 10.3 Å². The highest BCUT2D eigenvalue weighted by molar-refractivity contribution is 7.18. The number of thiazole rings is 1. The molecule has 0 bridgehead atoms. The minimum atomic E-state index is 0.0468. The van der Waals surface area contributed by atoms with Gasteiger partial charge in [0.15, 0.2) is 0 Å². The van der Waals surface area contributed by atoms with Crippen molar-refractivity contribution in [3.8, 4) is 0 Å². The molecule has 0 radical (unpaired) electrons. The number of aromatic nitrogens is 2. The topological polar surface area (TPSA) is 61.0 Å². The van der Waals surface area contributed by atoms with Gasteiger partial charge in [0, 0.05) is 26.3 Å². The molecule has 0 saturated heterocycles. The van der Waals surface area contributed by atoms with Gasteiger partial charge in [0.25, 0.3) is 0 Å². The highest BCUT2D eigenvalue weighted by Gasteiger charge is 2.10. The maximum Gasteiger partial charge on any atom is 0.143 e. The standard InChI is InChI=1S/C10H13N3OS/c1-14-7(6-11)5-9-13-8-3-2-4-12-10(8)15-9/h2-4,7H,5-6,11H2,1H3. The summed E-state index contributed by atoms with van der Waals surface area (Å²) in [7, 11) is 1.67. The molecular weight excluding hydrogens is 210 g/mol. The Morgan fingerprint density at radius 3 is 3.13 bits per heavy atom. The second kappa shape index (κ2) is 4.65. The van der Waals surface area contributed by atoms with Crippen molar-refractivity contribution < 1.29 is 4.74 Å². The molecule has 2 rings (SSSR count). The number of nitrogens with zero attached hydrogens (tertiary/aromatic N) is 2. The summed E-state index contributed by atoms with van der Waals surface area (Å²) in [4.78, 5) is 9.69. The molecule has 0 amide bonds. The highest BCUT2D eigenvalue weighted by atomic mass is 32.1. The van der Waals surface area contributed by atoms with Gasteiger partial charge in [0.05, 0.1) is 11.1 Å². The molecule has 0 aromatic carbocycles. The summed E-state index contributed by atoms with van der Waals surface area (Å²) in [6.45, 7) is 0.514. The fourth-order valence-electron chi connectivity index (χ4n) is 1.36. The van der Waals surface area contributed by atoms with Gasteiger partial charge < -0.3 is 10.5 Å². The molecule has 80 valence electrons. The quantitative estimate of drug-likeness (QED) is 0.846. The average molecular weight is 223 g/mol. The molecule has 0 aliphatic rings. The fraction of sp³-hybridized carbons (Fsp3) is 0.400. The van der Waals surface area contributed by atoms with E-state index in [2.05, 4.69) is 9.97 Å². The monoisotopic (exact) mass is 223 g/mol. The molecule has 0 saturated carbocycles. The zero-order chi connectivity index (χ0) is 10.7. The van der Waals surface area contributed by atoms with Gasteiger partial charge in [-0.3, -0.25) is 0 Å². The van der Waals surface area contributed by atoms with Crippen molar-refractivity contribution in [2.24, 2.45) is 5.73 Å². The summed E-state index contributed by atoms with van der Waals surface area (Å²) in [5.41, 5.74) is 6.51. The Morgan fingerprint density at radius 2 is 2.47 bits per heavy atom. The van der Waals surface area contributed by atoms with E-state index in [1.54, 1.807) is 24.6 Å². The first kappa shape index (κ1) is 10.5. The molecule has 0 aliphatic heterocycles. The van der Waals surface area contributed by atoms with E-state index < -0.39 is 0 Å². The smallest absolute Gasteiger partial charge is 0.143 e. The van der Waals surface area contributed by atoms with E-state index in [9.17, 15) is 0 Å². The fourth-order valence-corrected chi connectivity index (χ4v) is 2.33. The minimum Gasteiger partial charge on any atom is -0.380 e. The number of pyridine rings is 1. The number of nitrogens with two attached hydrogens (primary N) is 1. The van der Waals surface area contributed by atoms with Crippen LogP contribution in [0.25, 0.3) is 10.3 Å². The second-order valence-electron chi connectivity index (χ2n) is 3.23. The number of ether oxygens (including phenoxy) is 1. The lowest BCUT2D eigenvalue weighted by molar-refractivity contribution is 0.110. The van der Waals surface area contributed by atoms with Gasteiger partial charge in [-0.2, -0.15) is 0 Å². The van der Waals surface area contributed by atoms with E-state index in [0.717, 1.165) is 21.8 Å². The summed E-state index contributed by atoms with van der Waals surface area (Å²) in [6, 6.07) is 3.86. The lowest BCUT2D eigenvalue weighted by atomic mass is 10.2. The van der Waals surface area contributed by atoms with Crippen LogP contribution < -0.4 is 5.73 Å². The molecule has 2 aromatic rings. The molecule has 1 unspecified atom stereocenters. The number of fused-ring (bicyclic) bond motifs is 1. The van der Waals surface area contributed by atoms with E-state index in [0.29, 0.717) is 6.54 Å². The Morgan fingerprint density at radius 1 is 1.60 bits per heavy atom. The van der Waals surface area contributed by atoms with Crippen LogP contribution in [-0.2, 0) is 11.2 Å². The van der Waals surface area contributed by atoms with Crippen LogP contribution in [0.3, 0.4) is 0 Å². The van der Waals surface area contributed by atoms with Gasteiger partial charge in [0.2, 0.25) is 0 Å². The Bertz CT molecular complexity index is 406. The zero-order valence-corrected chi connectivity index (χ0v) is 9.33. The molecule has 0 aliphatic carbocycles. The van der Waals surface area contributed by atoms with E-state index in [1.807, 2.05) is 12.1 Å². The van der Waals surface area contributed by atoms with Crippen molar-refractivity contribution >= 4 is 21.7 Å². The molecule has 15 heavy (non-hydrogen) atoms. The number of hydrogen-bond donors (Lipinski definition) is 1. The predicted octanol–water partition coefficient (Wildman–Crippen LogP) is 1.21. The number of methoxy groups -OCH3 is 1. The summed E-state index contributed by atoms with van der Waals surface area (Å²) < 4.78 is 5.22. The third-order valence-corrected chi connectivity index (χ3v) is 3.21. The van der Waals surface area contributed by atoms with Crippen LogP contribution in [0.2, 0.25) is 0 Å². The van der Waals surface area contributed by atoms with Crippen molar-refractivity contribution in [2.75, 3.05) is 13.7 Å². The van der Waals surface area contributed by atoms with Crippen LogP contribution in [-0.4, -0.2) is 29.7 Å². The minimum absolute atomic E-state index is 0.0468. The largest absolute Gasteiger partial charge is 0.380 e. The van der Waals surface area contributed by atoms with Crippen molar-refractivity contribution in [1.82, 2.24) is 9.97 Å². The van der Waals surface area contributed by atoms with E-state index in [-0.39, 0.29) is 6.10 Å². The van der Waals surface area contributed by atoms with Crippen molar-refractivity contribution in [3.63, 3.8) is 0 Å². The van der Waals surface area contributed by atoms with Crippen LogP contribution in [0.4, 0.5) is 0 Å². The van der Waals surface area contributed by atoms with Crippen molar-refractivity contribution in [2.45, 2.75) is 12.5 Å². The Hall–Kier alpha value is -1.04. The van der Waals surface area contributed by atoms with E-state index in [1.165, 1.54) is 0 Å². The highest BCUT2D eigenvalue weighted by Crippen LogP contribution is 2.20. The Kier molecular flexibility index (Phi) is 3.25. The molecule has 2 heterocycles. The number of hydrogen-bond acceptors (Lipinski definition) is 5. The van der Waals surface area contributed by atoms with Crippen LogP contribution in [0.15, 0.2) is 18.3 Å². The summed E-state index contributed by atoms with van der Waals surface area (Å²) in [5.74, 6) is 0. The maximum absolute atomic E-state index is 5.56. The van der Waals surface area contributed by atoms with Crippen LogP contribution in [0.1, 0.15) is 5.01 Å². The zero-order valence-electron chi connectivity index (χ0n) is 8.51. The predicted molar refractivity (Wildman–Crippen MR) is 61.0 cm³/mol. The Labute approximate surface area is 92.1 Å². The number of rotatable bonds is 4. The molecule has 0 fully saturated rings. The average Bonchev–Trinajstić information content (AvgIpc) is 2.68. The van der Waals surface area contributed by atoms with Gasteiger partial charge >= 0.3 is 0 Å². The van der Waals surface area contributed by atoms with Gasteiger partial charge in [-0.25, -0.2) is 9.97 Å². The first-order valence-electron chi connectivity index (χ1n) is 4.76. The third-order valence-electron chi connectivity index (χ3n) is 2.21. The maximum atomic E-state index is 5.56. The second-order valence-corrected chi connectivity index (χ2v) is 4.29. The van der Waals surface area contributed by atoms with E-state index in [4.69, 9.17) is 10.5 Å². The van der Waals surface area contributed by atoms with E-state index >= 15 is 0 Å². The Balaban J connectivity index is 2.21. The molecular formula is C10H13N3OS. The van der Waals surface area contributed by atoms with Crippen LogP contribution in [0, 0.1) is 0 Å². The summed E-state index contributed by atoms with van der Waals surface area (Å²) >= 11 is 1.60. The lowest BCUT2D eigenvalue weighted by Gasteiger charge is -2.09. The van der Waals surface area contributed by atoms with Crippen molar-refractivity contribution in [1.29, 1.82) is 0 Å².